The van der Waals surface area contributed by atoms with Gasteiger partial charge in [0.15, 0.2) is 0 Å². The maximum absolute atomic E-state index is 12.7. The summed E-state index contributed by atoms with van der Waals surface area (Å²) in [4.78, 5) is 25.2. The fourth-order valence-corrected chi connectivity index (χ4v) is 2.54. The zero-order chi connectivity index (χ0) is 19.3. The lowest BCUT2D eigenvalue weighted by Gasteiger charge is -2.31. The average Bonchev–Trinajstić information content (AvgIpc) is 3.15. The molecule has 0 fully saturated rings. The van der Waals surface area contributed by atoms with Gasteiger partial charge in [-0.2, -0.15) is 0 Å². The normalized spacial score (nSPS) is 12.4. The molecular formula is C20H24N6O. The fraction of sp³-hybridized carbons (Fsp3) is 0.300. The van der Waals surface area contributed by atoms with Crippen LogP contribution in [0, 0.1) is 5.41 Å². The molecule has 0 aliphatic rings. The van der Waals surface area contributed by atoms with Gasteiger partial charge in [0.1, 0.15) is 0 Å². The van der Waals surface area contributed by atoms with Crippen LogP contribution >= 0.6 is 0 Å². The molecule has 2 aromatic heterocycles. The second-order valence-corrected chi connectivity index (χ2v) is 7.44. The van der Waals surface area contributed by atoms with Gasteiger partial charge in [0, 0.05) is 37.0 Å². The summed E-state index contributed by atoms with van der Waals surface area (Å²) in [6.45, 7) is 6.93. The Hall–Kier alpha value is -3.22. The van der Waals surface area contributed by atoms with Gasteiger partial charge < -0.3 is 15.2 Å². The monoisotopic (exact) mass is 364 g/mol. The van der Waals surface area contributed by atoms with E-state index in [0.29, 0.717) is 18.1 Å². The number of carbonyl (C=O) groups is 1. The summed E-state index contributed by atoms with van der Waals surface area (Å²) in [5, 5.41) is 6.19. The van der Waals surface area contributed by atoms with E-state index in [0.717, 1.165) is 5.69 Å². The first-order valence-corrected chi connectivity index (χ1v) is 8.82. The van der Waals surface area contributed by atoms with Gasteiger partial charge in [-0.3, -0.25) is 4.79 Å². The zero-order valence-corrected chi connectivity index (χ0v) is 15.8. The SMILES string of the molecule is CC(C)(C)[C@@H](Cn1ccnc1)NC(=O)c1cnc(Nc2ccccc2)nc1. The van der Waals surface area contributed by atoms with E-state index in [1.807, 2.05) is 41.1 Å². The molecule has 0 saturated carbocycles. The third kappa shape index (κ3) is 5.13. The molecule has 2 N–H and O–H groups in total. The van der Waals surface area contributed by atoms with Gasteiger partial charge in [0.2, 0.25) is 5.95 Å². The number of aromatic nitrogens is 4. The van der Waals surface area contributed by atoms with Gasteiger partial charge in [-0.25, -0.2) is 15.0 Å². The number of amides is 1. The number of anilines is 2. The predicted molar refractivity (Wildman–Crippen MR) is 105 cm³/mol. The van der Waals surface area contributed by atoms with Crippen molar-refractivity contribution >= 4 is 17.5 Å². The van der Waals surface area contributed by atoms with E-state index < -0.39 is 0 Å². The maximum atomic E-state index is 12.7. The molecule has 0 radical (unpaired) electrons. The summed E-state index contributed by atoms with van der Waals surface area (Å²) in [6.07, 6.45) is 8.43. The minimum Gasteiger partial charge on any atom is -0.347 e. The summed E-state index contributed by atoms with van der Waals surface area (Å²) >= 11 is 0. The zero-order valence-electron chi connectivity index (χ0n) is 15.8. The highest BCUT2D eigenvalue weighted by molar-refractivity contribution is 5.93. The number of para-hydroxylation sites is 1. The summed E-state index contributed by atoms with van der Waals surface area (Å²) in [5.41, 5.74) is 1.20. The summed E-state index contributed by atoms with van der Waals surface area (Å²) in [5.74, 6) is 0.254. The number of hydrogen-bond donors (Lipinski definition) is 2. The van der Waals surface area contributed by atoms with Crippen LogP contribution in [0.2, 0.25) is 0 Å². The highest BCUT2D eigenvalue weighted by Crippen LogP contribution is 2.21. The number of nitrogens with zero attached hydrogens (tertiary/aromatic N) is 4. The number of imidazole rings is 1. The molecule has 0 saturated heterocycles. The summed E-state index contributed by atoms with van der Waals surface area (Å²) in [6, 6.07) is 9.58. The van der Waals surface area contributed by atoms with E-state index in [-0.39, 0.29) is 17.4 Å². The largest absolute Gasteiger partial charge is 0.347 e. The van der Waals surface area contributed by atoms with Gasteiger partial charge >= 0.3 is 0 Å². The number of benzene rings is 1. The topological polar surface area (TPSA) is 84.7 Å². The van der Waals surface area contributed by atoms with Crippen LogP contribution in [0.1, 0.15) is 31.1 Å². The van der Waals surface area contributed by atoms with Crippen molar-refractivity contribution in [1.82, 2.24) is 24.8 Å². The van der Waals surface area contributed by atoms with E-state index in [1.54, 1.807) is 12.5 Å². The number of carbonyl (C=O) groups excluding carboxylic acids is 1. The minimum absolute atomic E-state index is 0.0682. The lowest BCUT2D eigenvalue weighted by atomic mass is 9.86. The molecule has 3 rings (SSSR count). The van der Waals surface area contributed by atoms with E-state index in [9.17, 15) is 4.79 Å². The van der Waals surface area contributed by atoms with Crippen molar-refractivity contribution in [3.05, 3.63) is 67.0 Å². The van der Waals surface area contributed by atoms with Crippen LogP contribution in [0.4, 0.5) is 11.6 Å². The molecule has 0 unspecified atom stereocenters. The molecule has 0 spiro atoms. The Labute approximate surface area is 158 Å². The number of nitrogens with one attached hydrogen (secondary N) is 2. The van der Waals surface area contributed by atoms with Crippen LogP contribution in [-0.4, -0.2) is 31.5 Å². The Bertz CT molecular complexity index is 854. The summed E-state index contributed by atoms with van der Waals surface area (Å²) in [7, 11) is 0. The van der Waals surface area contributed by atoms with Gasteiger partial charge in [-0.05, 0) is 17.5 Å². The molecule has 1 atom stereocenters. The molecule has 0 aliphatic heterocycles. The van der Waals surface area contributed by atoms with Gasteiger partial charge in [0.25, 0.3) is 5.91 Å². The van der Waals surface area contributed by atoms with Crippen LogP contribution < -0.4 is 10.6 Å². The molecule has 7 nitrogen and oxygen atoms in total. The predicted octanol–water partition coefficient (Wildman–Crippen LogP) is 3.26. The minimum atomic E-state index is -0.193. The molecular weight excluding hydrogens is 340 g/mol. The number of hydrogen-bond acceptors (Lipinski definition) is 5. The van der Waals surface area contributed by atoms with Crippen molar-refractivity contribution in [1.29, 1.82) is 0 Å². The molecule has 27 heavy (non-hydrogen) atoms. The third-order valence-electron chi connectivity index (χ3n) is 4.25. The van der Waals surface area contributed by atoms with Crippen LogP contribution in [0.3, 0.4) is 0 Å². The van der Waals surface area contributed by atoms with Crippen LogP contribution in [0.25, 0.3) is 0 Å². The van der Waals surface area contributed by atoms with Crippen molar-refractivity contribution in [2.75, 3.05) is 5.32 Å². The Balaban J connectivity index is 1.67. The van der Waals surface area contributed by atoms with Crippen molar-refractivity contribution in [2.45, 2.75) is 33.4 Å². The molecule has 7 heteroatoms. The summed E-state index contributed by atoms with van der Waals surface area (Å²) < 4.78 is 1.96. The number of rotatable bonds is 6. The van der Waals surface area contributed by atoms with Crippen molar-refractivity contribution in [3.63, 3.8) is 0 Å². The van der Waals surface area contributed by atoms with E-state index in [4.69, 9.17) is 0 Å². The first-order valence-electron chi connectivity index (χ1n) is 8.82. The van der Waals surface area contributed by atoms with Crippen LogP contribution in [0.5, 0.6) is 0 Å². The second kappa shape index (κ2) is 7.99. The van der Waals surface area contributed by atoms with Gasteiger partial charge in [-0.15, -0.1) is 0 Å². The Morgan fingerprint density at radius 1 is 1.15 bits per heavy atom. The lowest BCUT2D eigenvalue weighted by Crippen LogP contribution is -2.46. The van der Waals surface area contributed by atoms with Gasteiger partial charge in [-0.1, -0.05) is 39.0 Å². The Kier molecular flexibility index (Phi) is 5.49. The molecule has 2 heterocycles. The maximum Gasteiger partial charge on any atom is 0.254 e. The van der Waals surface area contributed by atoms with Crippen LogP contribution in [-0.2, 0) is 6.54 Å². The first kappa shape index (κ1) is 18.6. The fourth-order valence-electron chi connectivity index (χ4n) is 2.54. The van der Waals surface area contributed by atoms with Crippen LogP contribution in [0.15, 0.2) is 61.4 Å². The highest BCUT2D eigenvalue weighted by Gasteiger charge is 2.27. The molecule has 0 aliphatic carbocycles. The van der Waals surface area contributed by atoms with E-state index >= 15 is 0 Å². The second-order valence-electron chi connectivity index (χ2n) is 7.44. The standard InChI is InChI=1S/C20H24N6O/c1-20(2,3)17(13-26-10-9-21-14-26)25-18(27)15-11-22-19(23-12-15)24-16-7-5-4-6-8-16/h4-12,14,17H,13H2,1-3H3,(H,25,27)(H,22,23,24)/t17-/m1/s1. The molecule has 1 amide bonds. The van der Waals surface area contributed by atoms with E-state index in [1.165, 1.54) is 12.4 Å². The van der Waals surface area contributed by atoms with Crippen molar-refractivity contribution in [2.24, 2.45) is 5.41 Å². The lowest BCUT2D eigenvalue weighted by molar-refractivity contribution is 0.0892. The Morgan fingerprint density at radius 3 is 2.44 bits per heavy atom. The average molecular weight is 364 g/mol. The molecule has 140 valence electrons. The van der Waals surface area contributed by atoms with Gasteiger partial charge in [0.05, 0.1) is 17.9 Å². The smallest absolute Gasteiger partial charge is 0.254 e. The van der Waals surface area contributed by atoms with Crippen molar-refractivity contribution < 1.29 is 4.79 Å². The van der Waals surface area contributed by atoms with E-state index in [2.05, 4.69) is 46.4 Å². The molecule has 1 aromatic carbocycles. The quantitative estimate of drug-likeness (QED) is 0.701. The molecule has 0 bridgehead atoms. The third-order valence-corrected chi connectivity index (χ3v) is 4.25. The highest BCUT2D eigenvalue weighted by atomic mass is 16.1. The first-order chi connectivity index (χ1) is 12.9. The molecule has 3 aromatic rings. The van der Waals surface area contributed by atoms with Crippen molar-refractivity contribution in [3.8, 4) is 0 Å². The Morgan fingerprint density at radius 2 is 1.85 bits per heavy atom.